The van der Waals surface area contributed by atoms with Crippen LogP contribution >= 0.6 is 25.1 Å². The van der Waals surface area contributed by atoms with Crippen LogP contribution in [0, 0.1) is 5.82 Å². The molecular formula is C11H18ClFS. The lowest BCUT2D eigenvalue weighted by Crippen LogP contribution is -1.70. The molecule has 0 saturated heterocycles. The van der Waals surface area contributed by atoms with Crippen LogP contribution in [0.2, 0.25) is 0 Å². The number of rotatable bonds is 3. The maximum absolute atomic E-state index is 11.9. The van der Waals surface area contributed by atoms with Gasteiger partial charge in [0.05, 0.1) is 0 Å². The molecule has 0 fully saturated rings. The van der Waals surface area contributed by atoms with Crippen LogP contribution in [0.5, 0.6) is 0 Å². The molecule has 82 valence electrons. The molecule has 0 radical (unpaired) electrons. The minimum atomic E-state index is -0.178. The van der Waals surface area contributed by atoms with Crippen LogP contribution in [0.1, 0.15) is 26.2 Å². The maximum Gasteiger partial charge on any atom is 0.123 e. The molecular weight excluding hydrogens is 219 g/mol. The van der Waals surface area contributed by atoms with E-state index in [-0.39, 0.29) is 19.3 Å². The van der Waals surface area contributed by atoms with Gasteiger partial charge < -0.3 is 0 Å². The average Bonchev–Trinajstić information content (AvgIpc) is 2.17. The summed E-state index contributed by atoms with van der Waals surface area (Å²) in [5.74, 6) is 0.649. The third kappa shape index (κ3) is 11.8. The molecule has 3 heteroatoms. The highest BCUT2D eigenvalue weighted by molar-refractivity contribution is 7.59. The standard InChI is InChI=1S/C6H5F.C5H11Cl.H2S/c7-6-4-2-1-3-5-6;1-2-3-4-5-6;/h1-5H;2-5H2,1H3;1H2. The van der Waals surface area contributed by atoms with Gasteiger partial charge in [0, 0.05) is 5.88 Å². The summed E-state index contributed by atoms with van der Waals surface area (Å²) in [5, 5.41) is 0. The Balaban J connectivity index is 0. The van der Waals surface area contributed by atoms with E-state index in [1.807, 2.05) is 0 Å². The predicted octanol–water partition coefficient (Wildman–Crippen LogP) is 4.35. The third-order valence-electron chi connectivity index (χ3n) is 1.47. The summed E-state index contributed by atoms with van der Waals surface area (Å²) in [5.41, 5.74) is 0. The zero-order chi connectivity index (χ0) is 9.94. The first-order chi connectivity index (χ1) is 6.31. The fourth-order valence-electron chi connectivity index (χ4n) is 0.759. The van der Waals surface area contributed by atoms with E-state index in [9.17, 15) is 4.39 Å². The Hall–Kier alpha value is -0.210. The number of unbranched alkanes of at least 4 members (excludes halogenated alkanes) is 2. The Morgan fingerprint density at radius 3 is 1.93 bits per heavy atom. The SMILES string of the molecule is CCCCCCl.Fc1ccccc1.S. The lowest BCUT2D eigenvalue weighted by atomic mass is 10.3. The van der Waals surface area contributed by atoms with Crippen molar-refractivity contribution in [3.05, 3.63) is 36.1 Å². The first-order valence-corrected chi connectivity index (χ1v) is 5.11. The molecule has 14 heavy (non-hydrogen) atoms. The predicted molar refractivity (Wildman–Crippen MR) is 67.0 cm³/mol. The number of hydrogen-bond donors (Lipinski definition) is 0. The molecule has 1 rings (SSSR count). The van der Waals surface area contributed by atoms with E-state index in [2.05, 4.69) is 6.92 Å². The molecule has 0 aliphatic heterocycles. The quantitative estimate of drug-likeness (QED) is 0.541. The third-order valence-corrected chi connectivity index (χ3v) is 1.74. The molecule has 0 spiro atoms. The van der Waals surface area contributed by atoms with Crippen LogP contribution in [-0.4, -0.2) is 5.88 Å². The van der Waals surface area contributed by atoms with Crippen LogP contribution in [0.3, 0.4) is 0 Å². The van der Waals surface area contributed by atoms with Crippen molar-refractivity contribution in [3.8, 4) is 0 Å². The molecule has 0 aliphatic carbocycles. The summed E-state index contributed by atoms with van der Waals surface area (Å²) >= 11 is 5.38. The summed E-state index contributed by atoms with van der Waals surface area (Å²) in [6.07, 6.45) is 3.73. The van der Waals surface area contributed by atoms with E-state index < -0.39 is 0 Å². The molecule has 0 N–H and O–H groups in total. The molecule has 1 aromatic carbocycles. The maximum atomic E-state index is 11.9. The van der Waals surface area contributed by atoms with E-state index in [1.54, 1.807) is 18.2 Å². The summed E-state index contributed by atoms with van der Waals surface area (Å²) in [6.45, 7) is 2.17. The van der Waals surface area contributed by atoms with E-state index in [1.165, 1.54) is 31.4 Å². The molecule has 0 saturated carbocycles. The van der Waals surface area contributed by atoms with Crippen molar-refractivity contribution in [1.82, 2.24) is 0 Å². The summed E-state index contributed by atoms with van der Waals surface area (Å²) in [4.78, 5) is 0. The highest BCUT2D eigenvalue weighted by atomic mass is 35.5. The molecule has 0 aliphatic rings. The number of halogens is 2. The zero-order valence-corrected chi connectivity index (χ0v) is 10.2. The lowest BCUT2D eigenvalue weighted by molar-refractivity contribution is 0.628. The van der Waals surface area contributed by atoms with Gasteiger partial charge in [0.2, 0.25) is 0 Å². The molecule has 0 bridgehead atoms. The van der Waals surface area contributed by atoms with Gasteiger partial charge in [-0.15, -0.1) is 11.6 Å². The molecule has 0 heterocycles. The summed E-state index contributed by atoms with van der Waals surface area (Å²) in [6, 6.07) is 7.94. The second kappa shape index (κ2) is 12.8. The topological polar surface area (TPSA) is 0 Å². The smallest absolute Gasteiger partial charge is 0.123 e. The van der Waals surface area contributed by atoms with Crippen molar-refractivity contribution in [2.24, 2.45) is 0 Å². The van der Waals surface area contributed by atoms with Gasteiger partial charge in [0.1, 0.15) is 5.82 Å². The molecule has 0 amide bonds. The highest BCUT2D eigenvalue weighted by Gasteiger charge is 1.77. The number of hydrogen-bond acceptors (Lipinski definition) is 0. The first-order valence-electron chi connectivity index (χ1n) is 4.57. The molecule has 0 atom stereocenters. The van der Waals surface area contributed by atoms with Gasteiger partial charge in [-0.3, -0.25) is 0 Å². The van der Waals surface area contributed by atoms with Gasteiger partial charge in [-0.05, 0) is 18.6 Å². The van der Waals surface area contributed by atoms with Crippen LogP contribution in [-0.2, 0) is 0 Å². The Labute approximate surface area is 97.9 Å². The fraction of sp³-hybridized carbons (Fsp3) is 0.455. The van der Waals surface area contributed by atoms with Crippen LogP contribution in [0.25, 0.3) is 0 Å². The Morgan fingerprint density at radius 2 is 1.71 bits per heavy atom. The van der Waals surface area contributed by atoms with E-state index in [0.717, 1.165) is 5.88 Å². The number of alkyl halides is 1. The van der Waals surface area contributed by atoms with Crippen molar-refractivity contribution >= 4 is 25.1 Å². The van der Waals surface area contributed by atoms with Gasteiger partial charge in [-0.1, -0.05) is 38.0 Å². The zero-order valence-electron chi connectivity index (χ0n) is 8.47. The minimum Gasteiger partial charge on any atom is -0.207 e. The van der Waals surface area contributed by atoms with Crippen molar-refractivity contribution in [2.75, 3.05) is 5.88 Å². The lowest BCUT2D eigenvalue weighted by Gasteiger charge is -1.84. The Morgan fingerprint density at radius 1 is 1.14 bits per heavy atom. The van der Waals surface area contributed by atoms with Crippen molar-refractivity contribution in [1.29, 1.82) is 0 Å². The van der Waals surface area contributed by atoms with Crippen LogP contribution in [0.15, 0.2) is 30.3 Å². The second-order valence-electron chi connectivity index (χ2n) is 2.69. The summed E-state index contributed by atoms with van der Waals surface area (Å²) in [7, 11) is 0. The Bertz CT molecular complexity index is 188. The van der Waals surface area contributed by atoms with E-state index in [4.69, 9.17) is 11.6 Å². The second-order valence-corrected chi connectivity index (χ2v) is 3.07. The fourth-order valence-corrected chi connectivity index (χ4v) is 0.948. The van der Waals surface area contributed by atoms with Crippen LogP contribution < -0.4 is 0 Å². The van der Waals surface area contributed by atoms with Crippen molar-refractivity contribution < 1.29 is 4.39 Å². The number of benzene rings is 1. The van der Waals surface area contributed by atoms with Crippen molar-refractivity contribution in [2.45, 2.75) is 26.2 Å². The Kier molecular flexibility index (Phi) is 14.8. The van der Waals surface area contributed by atoms with Crippen LogP contribution in [0.4, 0.5) is 4.39 Å². The van der Waals surface area contributed by atoms with Gasteiger partial charge in [-0.25, -0.2) is 4.39 Å². The molecule has 1 aromatic rings. The van der Waals surface area contributed by atoms with Crippen molar-refractivity contribution in [3.63, 3.8) is 0 Å². The van der Waals surface area contributed by atoms with E-state index >= 15 is 0 Å². The average molecular weight is 237 g/mol. The van der Waals surface area contributed by atoms with Gasteiger partial charge >= 0.3 is 0 Å². The normalized spacial score (nSPS) is 8.21. The highest BCUT2D eigenvalue weighted by Crippen LogP contribution is 1.93. The molecule has 0 nitrogen and oxygen atoms in total. The summed E-state index contributed by atoms with van der Waals surface area (Å²) < 4.78 is 11.9. The van der Waals surface area contributed by atoms with Gasteiger partial charge in [0.25, 0.3) is 0 Å². The van der Waals surface area contributed by atoms with Gasteiger partial charge in [-0.2, -0.15) is 13.5 Å². The molecule has 0 aromatic heterocycles. The van der Waals surface area contributed by atoms with E-state index in [0.29, 0.717) is 0 Å². The first kappa shape index (κ1) is 16.2. The largest absolute Gasteiger partial charge is 0.207 e. The minimum absolute atomic E-state index is 0. The molecule has 0 unspecified atom stereocenters. The van der Waals surface area contributed by atoms with Gasteiger partial charge in [0.15, 0.2) is 0 Å². The monoisotopic (exact) mass is 236 g/mol.